The van der Waals surface area contributed by atoms with Crippen LogP contribution in [0, 0.1) is 0 Å². The smallest absolute Gasteiger partial charge is 0.223 e. The number of nitrogens with zero attached hydrogens (tertiary/aromatic N) is 3. The third-order valence-electron chi connectivity index (χ3n) is 10.9. The lowest BCUT2D eigenvalue weighted by atomic mass is 10.0. The van der Waals surface area contributed by atoms with Gasteiger partial charge in [0.2, 0.25) is 23.6 Å². The summed E-state index contributed by atoms with van der Waals surface area (Å²) in [4.78, 5) is 56.2. The largest absolute Gasteiger partial charge is 0.354 e. The molecule has 0 rings (SSSR count). The molecule has 0 saturated heterocycles. The molecule has 8 nitrogen and oxygen atoms in total. The number of unbranched alkanes of at least 4 members (excludes halogenated alkanes) is 22. The number of thioether (sulfide) groups is 1. The molecule has 1 N–H and O–H groups in total. The number of hydrogen-bond donors (Lipinski definition) is 1. The van der Waals surface area contributed by atoms with Gasteiger partial charge in [-0.15, -0.1) is 0 Å². The molecule has 0 heterocycles. The minimum Gasteiger partial charge on any atom is -0.354 e. The summed E-state index contributed by atoms with van der Waals surface area (Å²) in [6, 6.07) is 0. The standard InChI is InChI=1S/C46H90N4O4S/c1-6-11-13-15-17-19-21-23-25-27-29-31-35-48(36-32-30-28-26-24-22-20-18-16-14-12-7-2)46(54)33-41-55-42-40-50(45(53)10-5)39-38-49(44(52)9-4)37-34-47-43(51)8-3/h6-42H2,1-5H3,(H,47,51). The Morgan fingerprint density at radius 2 is 0.745 bits per heavy atom. The first kappa shape index (κ1) is 53.2. The van der Waals surface area contributed by atoms with Gasteiger partial charge in [0.05, 0.1) is 0 Å². The molecule has 0 atom stereocenters. The third kappa shape index (κ3) is 33.0. The summed E-state index contributed by atoms with van der Waals surface area (Å²) < 4.78 is 0. The first-order valence-corrected chi connectivity index (χ1v) is 24.7. The second-order valence-corrected chi connectivity index (χ2v) is 16.9. The van der Waals surface area contributed by atoms with E-state index in [0.717, 1.165) is 37.4 Å². The van der Waals surface area contributed by atoms with Crippen molar-refractivity contribution in [3.05, 3.63) is 0 Å². The first-order chi connectivity index (χ1) is 26.8. The van der Waals surface area contributed by atoms with Crippen molar-refractivity contribution in [2.45, 2.75) is 214 Å². The van der Waals surface area contributed by atoms with Crippen molar-refractivity contribution in [3.8, 4) is 0 Å². The van der Waals surface area contributed by atoms with Gasteiger partial charge in [-0.1, -0.05) is 176 Å². The van der Waals surface area contributed by atoms with Gasteiger partial charge in [0.25, 0.3) is 0 Å². The highest BCUT2D eigenvalue weighted by molar-refractivity contribution is 7.99. The van der Waals surface area contributed by atoms with Crippen molar-refractivity contribution in [3.63, 3.8) is 0 Å². The summed E-state index contributed by atoms with van der Waals surface area (Å²) in [5, 5.41) is 2.84. The first-order valence-electron chi connectivity index (χ1n) is 23.5. The van der Waals surface area contributed by atoms with E-state index in [0.29, 0.717) is 58.4 Å². The number of carbonyl (C=O) groups excluding carboxylic acids is 4. The molecular formula is C46H90N4O4S. The van der Waals surface area contributed by atoms with E-state index in [1.54, 1.807) is 16.7 Å². The van der Waals surface area contributed by atoms with Gasteiger partial charge < -0.3 is 20.0 Å². The Morgan fingerprint density at radius 1 is 0.382 bits per heavy atom. The lowest BCUT2D eigenvalue weighted by Crippen LogP contribution is -2.44. The Bertz CT molecular complexity index is 892. The van der Waals surface area contributed by atoms with E-state index < -0.39 is 0 Å². The molecule has 0 aromatic rings. The van der Waals surface area contributed by atoms with Crippen molar-refractivity contribution in [1.29, 1.82) is 0 Å². The van der Waals surface area contributed by atoms with Gasteiger partial charge >= 0.3 is 0 Å². The van der Waals surface area contributed by atoms with E-state index in [1.807, 2.05) is 25.7 Å². The predicted molar refractivity (Wildman–Crippen MR) is 238 cm³/mol. The van der Waals surface area contributed by atoms with Gasteiger partial charge in [0.1, 0.15) is 0 Å². The lowest BCUT2D eigenvalue weighted by Gasteiger charge is -2.28. The van der Waals surface area contributed by atoms with Crippen LogP contribution in [0.3, 0.4) is 0 Å². The van der Waals surface area contributed by atoms with Crippen molar-refractivity contribution < 1.29 is 19.2 Å². The summed E-state index contributed by atoms with van der Waals surface area (Å²) in [5.74, 6) is 1.89. The van der Waals surface area contributed by atoms with Crippen LogP contribution in [-0.2, 0) is 19.2 Å². The predicted octanol–water partition coefficient (Wildman–Crippen LogP) is 11.3. The molecule has 0 radical (unpaired) electrons. The van der Waals surface area contributed by atoms with Crippen LogP contribution in [0.1, 0.15) is 214 Å². The highest BCUT2D eigenvalue weighted by atomic mass is 32.2. The average molecular weight is 795 g/mol. The van der Waals surface area contributed by atoms with E-state index in [-0.39, 0.29) is 23.6 Å². The van der Waals surface area contributed by atoms with Gasteiger partial charge in [-0.05, 0) is 12.8 Å². The maximum Gasteiger partial charge on any atom is 0.223 e. The second kappa shape index (κ2) is 40.4. The van der Waals surface area contributed by atoms with E-state index in [4.69, 9.17) is 0 Å². The second-order valence-electron chi connectivity index (χ2n) is 15.7. The molecule has 0 aromatic carbocycles. The van der Waals surface area contributed by atoms with Crippen LogP contribution >= 0.6 is 11.8 Å². The fourth-order valence-electron chi connectivity index (χ4n) is 7.11. The normalized spacial score (nSPS) is 11.1. The summed E-state index contributed by atoms with van der Waals surface area (Å²) in [6.45, 7) is 14.2. The Hall–Kier alpha value is -1.77. The summed E-state index contributed by atoms with van der Waals surface area (Å²) >= 11 is 1.74. The number of amides is 4. The van der Waals surface area contributed by atoms with Gasteiger partial charge in [-0.2, -0.15) is 11.8 Å². The van der Waals surface area contributed by atoms with Crippen LogP contribution in [-0.4, -0.2) is 95.6 Å². The topological polar surface area (TPSA) is 90.0 Å². The zero-order chi connectivity index (χ0) is 40.6. The minimum absolute atomic E-state index is 0.0269. The highest BCUT2D eigenvalue weighted by Crippen LogP contribution is 2.15. The molecule has 9 heteroatoms. The van der Waals surface area contributed by atoms with Crippen molar-refractivity contribution in [1.82, 2.24) is 20.0 Å². The zero-order valence-corrected chi connectivity index (χ0v) is 37.9. The highest BCUT2D eigenvalue weighted by Gasteiger charge is 2.17. The molecule has 0 spiro atoms. The summed E-state index contributed by atoms with van der Waals surface area (Å²) in [5.41, 5.74) is 0. The maximum atomic E-state index is 13.5. The molecule has 0 saturated carbocycles. The molecule has 0 bridgehead atoms. The minimum atomic E-state index is -0.0287. The monoisotopic (exact) mass is 795 g/mol. The molecule has 0 aliphatic rings. The van der Waals surface area contributed by atoms with Crippen LogP contribution in [0.5, 0.6) is 0 Å². The summed E-state index contributed by atoms with van der Waals surface area (Å²) in [6.07, 6.45) is 33.6. The van der Waals surface area contributed by atoms with E-state index in [1.165, 1.54) is 141 Å². The number of hydrogen-bond acceptors (Lipinski definition) is 5. The number of carbonyl (C=O) groups is 4. The van der Waals surface area contributed by atoms with Crippen molar-refractivity contribution in [2.24, 2.45) is 0 Å². The van der Waals surface area contributed by atoms with Gasteiger partial charge in [-0.25, -0.2) is 0 Å². The maximum absolute atomic E-state index is 13.5. The quantitative estimate of drug-likeness (QED) is 0.0623. The fraction of sp³-hybridized carbons (Fsp3) is 0.913. The van der Waals surface area contributed by atoms with Gasteiger partial charge in [0, 0.05) is 83.0 Å². The Kier molecular flexibility index (Phi) is 39.1. The molecule has 4 amide bonds. The Morgan fingerprint density at radius 3 is 1.13 bits per heavy atom. The van der Waals surface area contributed by atoms with Crippen LogP contribution in [0.25, 0.3) is 0 Å². The van der Waals surface area contributed by atoms with Crippen LogP contribution in [0.15, 0.2) is 0 Å². The van der Waals surface area contributed by atoms with Gasteiger partial charge in [0.15, 0.2) is 0 Å². The molecule has 0 fully saturated rings. The SMILES string of the molecule is CCCCCCCCCCCCCCN(CCCCCCCCCCCCCC)C(=O)CCSCCN(CCN(CCNC(=O)CC)C(=O)CC)C(=O)CC. The fourth-order valence-corrected chi connectivity index (χ4v) is 7.98. The van der Waals surface area contributed by atoms with E-state index >= 15 is 0 Å². The zero-order valence-electron chi connectivity index (χ0n) is 37.0. The average Bonchev–Trinajstić information content (AvgIpc) is 3.20. The molecule has 0 aromatic heterocycles. The number of rotatable bonds is 41. The van der Waals surface area contributed by atoms with E-state index in [2.05, 4.69) is 24.1 Å². The molecular weight excluding hydrogens is 705 g/mol. The van der Waals surface area contributed by atoms with E-state index in [9.17, 15) is 19.2 Å². The molecule has 0 aliphatic carbocycles. The summed E-state index contributed by atoms with van der Waals surface area (Å²) in [7, 11) is 0. The van der Waals surface area contributed by atoms with Gasteiger partial charge in [-0.3, -0.25) is 19.2 Å². The number of nitrogens with one attached hydrogen (secondary N) is 1. The molecule has 55 heavy (non-hydrogen) atoms. The Balaban J connectivity index is 4.71. The molecule has 0 aliphatic heterocycles. The van der Waals surface area contributed by atoms with Crippen LogP contribution < -0.4 is 5.32 Å². The van der Waals surface area contributed by atoms with Crippen LogP contribution in [0.2, 0.25) is 0 Å². The Labute approximate surface area is 345 Å². The van der Waals surface area contributed by atoms with Crippen molar-refractivity contribution >= 4 is 35.4 Å². The van der Waals surface area contributed by atoms with Crippen LogP contribution in [0.4, 0.5) is 0 Å². The third-order valence-corrected chi connectivity index (χ3v) is 11.8. The van der Waals surface area contributed by atoms with Crippen molar-refractivity contribution in [2.75, 3.05) is 57.3 Å². The molecule has 324 valence electrons. The lowest BCUT2D eigenvalue weighted by molar-refractivity contribution is -0.134. The molecule has 0 unspecified atom stereocenters.